The van der Waals surface area contributed by atoms with Gasteiger partial charge in [-0.05, 0) is 49.3 Å². The predicted molar refractivity (Wildman–Crippen MR) is 68.7 cm³/mol. The molecule has 1 aliphatic carbocycles. The summed E-state index contributed by atoms with van der Waals surface area (Å²) in [7, 11) is 0. The van der Waals surface area contributed by atoms with Crippen LogP contribution in [-0.4, -0.2) is 35.9 Å². The Morgan fingerprint density at radius 3 is 3.06 bits per heavy atom. The minimum absolute atomic E-state index is 0.290. The van der Waals surface area contributed by atoms with Crippen LogP contribution in [0.15, 0.2) is 18.5 Å². The van der Waals surface area contributed by atoms with Crippen LogP contribution >= 0.6 is 0 Å². The van der Waals surface area contributed by atoms with E-state index in [1.807, 2.05) is 6.20 Å². The average molecular weight is 248 g/mol. The number of aliphatic hydroxyl groups is 1. The Hall–Kier alpha value is -1.13. The summed E-state index contributed by atoms with van der Waals surface area (Å²) in [6.45, 7) is 2.13. The van der Waals surface area contributed by atoms with Crippen molar-refractivity contribution in [3.8, 4) is 5.75 Å². The highest BCUT2D eigenvalue weighted by Crippen LogP contribution is 2.49. The number of pyridine rings is 1. The van der Waals surface area contributed by atoms with Gasteiger partial charge in [-0.1, -0.05) is 0 Å². The van der Waals surface area contributed by atoms with Gasteiger partial charge in [0.25, 0.3) is 0 Å². The summed E-state index contributed by atoms with van der Waals surface area (Å²) in [5.41, 5.74) is 1.26. The minimum atomic E-state index is 0.290. The number of aliphatic hydroxyl groups excluding tert-OH is 1. The fourth-order valence-electron chi connectivity index (χ4n) is 2.55. The number of nitrogens with one attached hydrogen (secondary N) is 1. The molecule has 4 heteroatoms. The van der Waals surface area contributed by atoms with E-state index in [2.05, 4.69) is 16.4 Å². The quantitative estimate of drug-likeness (QED) is 0.797. The van der Waals surface area contributed by atoms with Gasteiger partial charge in [0.15, 0.2) is 0 Å². The van der Waals surface area contributed by atoms with Crippen LogP contribution in [-0.2, 0) is 0 Å². The van der Waals surface area contributed by atoms with Crippen LogP contribution in [0.4, 0.5) is 0 Å². The number of ether oxygens (including phenoxy) is 1. The number of hydrogen-bond acceptors (Lipinski definition) is 4. The molecule has 0 aromatic carbocycles. The van der Waals surface area contributed by atoms with Crippen LogP contribution in [0, 0.1) is 5.92 Å². The van der Waals surface area contributed by atoms with E-state index >= 15 is 0 Å². The Bertz CT molecular complexity index is 407. The molecular formula is C14H20N2O2. The summed E-state index contributed by atoms with van der Waals surface area (Å²) in [5.74, 6) is 2.09. The Kier molecular flexibility index (Phi) is 3.48. The van der Waals surface area contributed by atoms with Crippen LogP contribution in [0.3, 0.4) is 0 Å². The minimum Gasteiger partial charge on any atom is -0.490 e. The molecule has 1 saturated carbocycles. The highest BCUT2D eigenvalue weighted by Gasteiger charge is 2.37. The van der Waals surface area contributed by atoms with E-state index in [1.165, 1.54) is 18.4 Å². The van der Waals surface area contributed by atoms with Crippen molar-refractivity contribution in [2.75, 3.05) is 19.8 Å². The first-order valence-electron chi connectivity index (χ1n) is 6.79. The summed E-state index contributed by atoms with van der Waals surface area (Å²) >= 11 is 0. The lowest BCUT2D eigenvalue weighted by atomic mass is 10.1. The molecule has 0 bridgehead atoms. The fourth-order valence-corrected chi connectivity index (χ4v) is 2.55. The van der Waals surface area contributed by atoms with Crippen molar-refractivity contribution in [1.82, 2.24) is 10.3 Å². The zero-order chi connectivity index (χ0) is 12.4. The normalized spacial score (nSPS) is 29.7. The molecule has 18 heavy (non-hydrogen) atoms. The summed E-state index contributed by atoms with van der Waals surface area (Å²) in [6, 6.07) is 2.62. The number of nitrogens with zero attached hydrogens (tertiary/aromatic N) is 1. The maximum atomic E-state index is 8.93. The van der Waals surface area contributed by atoms with Crippen LogP contribution < -0.4 is 10.1 Å². The molecule has 0 amide bonds. The van der Waals surface area contributed by atoms with Crippen molar-refractivity contribution in [3.63, 3.8) is 0 Å². The molecule has 1 aromatic heterocycles. The molecule has 3 atom stereocenters. The van der Waals surface area contributed by atoms with Crippen LogP contribution in [0.2, 0.25) is 0 Å². The summed E-state index contributed by atoms with van der Waals surface area (Å²) < 4.78 is 5.75. The molecule has 3 rings (SSSR count). The second-order valence-electron chi connectivity index (χ2n) is 5.32. The first kappa shape index (κ1) is 11.9. The Morgan fingerprint density at radius 2 is 2.33 bits per heavy atom. The van der Waals surface area contributed by atoms with Crippen LogP contribution in [0.1, 0.15) is 30.7 Å². The van der Waals surface area contributed by atoms with E-state index in [0.717, 1.165) is 25.3 Å². The summed E-state index contributed by atoms with van der Waals surface area (Å²) in [4.78, 5) is 4.25. The van der Waals surface area contributed by atoms with Gasteiger partial charge in [-0.25, -0.2) is 0 Å². The third kappa shape index (κ3) is 2.65. The fraction of sp³-hybridized carbons (Fsp3) is 0.643. The zero-order valence-corrected chi connectivity index (χ0v) is 10.5. The molecule has 2 aliphatic rings. The largest absolute Gasteiger partial charge is 0.490 e. The van der Waals surface area contributed by atoms with Gasteiger partial charge in [-0.15, -0.1) is 0 Å². The molecule has 0 radical (unpaired) electrons. The zero-order valence-electron chi connectivity index (χ0n) is 10.5. The molecule has 1 saturated heterocycles. The highest BCUT2D eigenvalue weighted by atomic mass is 16.5. The van der Waals surface area contributed by atoms with Crippen LogP contribution in [0.25, 0.3) is 0 Å². The van der Waals surface area contributed by atoms with Crippen molar-refractivity contribution < 1.29 is 9.84 Å². The molecule has 1 aromatic rings. The van der Waals surface area contributed by atoms with Gasteiger partial charge < -0.3 is 15.2 Å². The van der Waals surface area contributed by atoms with E-state index in [4.69, 9.17) is 9.84 Å². The lowest BCUT2D eigenvalue weighted by molar-refractivity contribution is 0.216. The van der Waals surface area contributed by atoms with Gasteiger partial charge >= 0.3 is 0 Å². The second-order valence-corrected chi connectivity index (χ2v) is 5.32. The van der Waals surface area contributed by atoms with E-state index in [0.29, 0.717) is 17.9 Å². The van der Waals surface area contributed by atoms with Gasteiger partial charge in [0.2, 0.25) is 0 Å². The molecule has 1 aliphatic heterocycles. The third-order valence-corrected chi connectivity index (χ3v) is 3.96. The van der Waals surface area contributed by atoms with Gasteiger partial charge in [-0.2, -0.15) is 0 Å². The Morgan fingerprint density at radius 1 is 1.44 bits per heavy atom. The van der Waals surface area contributed by atoms with E-state index < -0.39 is 0 Å². The highest BCUT2D eigenvalue weighted by molar-refractivity contribution is 5.30. The predicted octanol–water partition coefficient (Wildman–Crippen LogP) is 1.31. The number of aromatic nitrogens is 1. The van der Waals surface area contributed by atoms with Crippen molar-refractivity contribution in [2.24, 2.45) is 5.92 Å². The van der Waals surface area contributed by atoms with E-state index in [-0.39, 0.29) is 6.61 Å². The molecule has 2 N–H and O–H groups in total. The van der Waals surface area contributed by atoms with Crippen molar-refractivity contribution in [2.45, 2.75) is 31.2 Å². The maximum absolute atomic E-state index is 8.93. The van der Waals surface area contributed by atoms with Crippen molar-refractivity contribution >= 4 is 0 Å². The average Bonchev–Trinajstić information content (AvgIpc) is 3.07. The van der Waals surface area contributed by atoms with Crippen molar-refractivity contribution in [1.29, 1.82) is 0 Å². The second kappa shape index (κ2) is 5.24. The monoisotopic (exact) mass is 248 g/mol. The molecule has 98 valence electrons. The summed E-state index contributed by atoms with van der Waals surface area (Å²) in [5, 5.41) is 12.2. The standard InChI is InChI=1S/C14H20N2O2/c17-4-2-10-6-14(10)11-5-13(8-15-7-11)18-9-12-1-3-16-12/h5,7-8,10,12,14,16-17H,1-4,6,9H2/t10-,12+,14?/m1/s1. The van der Waals surface area contributed by atoms with Crippen LogP contribution in [0.5, 0.6) is 5.75 Å². The molecule has 2 heterocycles. The Balaban J connectivity index is 1.55. The van der Waals surface area contributed by atoms with E-state index in [9.17, 15) is 0 Å². The van der Waals surface area contributed by atoms with Gasteiger partial charge in [-0.3, -0.25) is 4.98 Å². The number of hydrogen-bond donors (Lipinski definition) is 2. The van der Waals surface area contributed by atoms with E-state index in [1.54, 1.807) is 6.20 Å². The molecule has 4 nitrogen and oxygen atoms in total. The molecule has 2 fully saturated rings. The molecule has 0 spiro atoms. The van der Waals surface area contributed by atoms with Gasteiger partial charge in [0, 0.05) is 18.8 Å². The lowest BCUT2D eigenvalue weighted by Gasteiger charge is -2.27. The van der Waals surface area contributed by atoms with Gasteiger partial charge in [0.05, 0.1) is 6.20 Å². The third-order valence-electron chi connectivity index (χ3n) is 3.96. The van der Waals surface area contributed by atoms with Gasteiger partial charge in [0.1, 0.15) is 12.4 Å². The summed E-state index contributed by atoms with van der Waals surface area (Å²) in [6.07, 6.45) is 6.99. The Labute approximate surface area is 107 Å². The molecule has 1 unspecified atom stereocenters. The van der Waals surface area contributed by atoms with Crippen molar-refractivity contribution in [3.05, 3.63) is 24.0 Å². The first-order valence-corrected chi connectivity index (χ1v) is 6.79. The number of rotatable bonds is 6. The smallest absolute Gasteiger partial charge is 0.137 e. The lowest BCUT2D eigenvalue weighted by Crippen LogP contribution is -2.46. The maximum Gasteiger partial charge on any atom is 0.137 e. The first-order chi connectivity index (χ1) is 8.86. The SMILES string of the molecule is OCC[C@@H]1CC1c1cncc(OC[C@@H]2CCN2)c1. The topological polar surface area (TPSA) is 54.4 Å². The molecular weight excluding hydrogens is 228 g/mol.